The second kappa shape index (κ2) is 8.27. The summed E-state index contributed by atoms with van der Waals surface area (Å²) in [6, 6.07) is 7.35. The number of carbonyl (C=O) groups is 1. The Bertz CT molecular complexity index is 688. The van der Waals surface area contributed by atoms with Crippen molar-refractivity contribution in [1.82, 2.24) is 19.4 Å². The van der Waals surface area contributed by atoms with Gasteiger partial charge in [0, 0.05) is 57.2 Å². The molecule has 2 heterocycles. The molecule has 6 nitrogen and oxygen atoms in total. The number of nitrogens with zero attached hydrogens (tertiary/aromatic N) is 4. The fraction of sp³-hybridized carbons (Fsp3) is 0.474. The number of imidazole rings is 1. The highest BCUT2D eigenvalue weighted by Crippen LogP contribution is 2.12. The number of Topliss-reactive ketones (excluding diaryl/α,β-unsaturated/α-hetero) is 1. The lowest BCUT2D eigenvalue weighted by Crippen LogP contribution is -2.48. The van der Waals surface area contributed by atoms with Gasteiger partial charge in [-0.1, -0.05) is 0 Å². The van der Waals surface area contributed by atoms with Gasteiger partial charge in [-0.25, -0.2) is 4.98 Å². The second-order valence-electron chi connectivity index (χ2n) is 6.44. The molecule has 0 unspecified atom stereocenters. The maximum atomic E-state index is 12.4. The lowest BCUT2D eigenvalue weighted by Gasteiger charge is -2.34. The number of aromatic nitrogens is 2. The largest absolute Gasteiger partial charge is 0.497 e. The SMILES string of the molecule is COc1ccc(C(=O)CN2CCN(CCn3ccnc3C)CC2)cc1. The smallest absolute Gasteiger partial charge is 0.176 e. The first kappa shape index (κ1) is 17.6. The Morgan fingerprint density at radius 1 is 1.08 bits per heavy atom. The maximum absolute atomic E-state index is 12.4. The Labute approximate surface area is 149 Å². The van der Waals surface area contributed by atoms with Crippen LogP contribution in [0.1, 0.15) is 16.2 Å². The molecule has 3 rings (SSSR count). The number of piperazine rings is 1. The van der Waals surface area contributed by atoms with Gasteiger partial charge in [-0.15, -0.1) is 0 Å². The molecular formula is C19H26N4O2. The van der Waals surface area contributed by atoms with E-state index in [4.69, 9.17) is 4.74 Å². The van der Waals surface area contributed by atoms with E-state index in [0.29, 0.717) is 6.54 Å². The first-order valence-electron chi connectivity index (χ1n) is 8.75. The molecule has 0 atom stereocenters. The lowest BCUT2D eigenvalue weighted by atomic mass is 10.1. The van der Waals surface area contributed by atoms with Crippen molar-refractivity contribution < 1.29 is 9.53 Å². The Kier molecular flexibility index (Phi) is 5.83. The Morgan fingerprint density at radius 3 is 2.36 bits per heavy atom. The zero-order chi connectivity index (χ0) is 17.6. The number of methoxy groups -OCH3 is 1. The van der Waals surface area contributed by atoms with E-state index in [1.54, 1.807) is 7.11 Å². The van der Waals surface area contributed by atoms with E-state index in [2.05, 4.69) is 19.4 Å². The van der Waals surface area contributed by atoms with Gasteiger partial charge in [-0.3, -0.25) is 14.6 Å². The van der Waals surface area contributed by atoms with Crippen LogP contribution in [-0.2, 0) is 6.54 Å². The topological polar surface area (TPSA) is 50.6 Å². The lowest BCUT2D eigenvalue weighted by molar-refractivity contribution is 0.0848. The molecular weight excluding hydrogens is 316 g/mol. The molecule has 25 heavy (non-hydrogen) atoms. The first-order valence-corrected chi connectivity index (χ1v) is 8.75. The molecule has 1 aliphatic rings. The third-order valence-corrected chi connectivity index (χ3v) is 4.82. The molecule has 1 aromatic heterocycles. The van der Waals surface area contributed by atoms with Crippen molar-refractivity contribution in [3.8, 4) is 5.75 Å². The minimum absolute atomic E-state index is 0.171. The van der Waals surface area contributed by atoms with Gasteiger partial charge in [0.25, 0.3) is 0 Å². The molecule has 0 bridgehead atoms. The van der Waals surface area contributed by atoms with Gasteiger partial charge in [0.1, 0.15) is 11.6 Å². The van der Waals surface area contributed by atoms with Gasteiger partial charge < -0.3 is 9.30 Å². The van der Waals surface area contributed by atoms with Gasteiger partial charge in [-0.2, -0.15) is 0 Å². The predicted octanol–water partition coefficient (Wildman–Crippen LogP) is 1.70. The standard InChI is InChI=1S/C19H26N4O2/c1-16-20-7-8-23(16)14-13-21-9-11-22(12-10-21)15-19(24)17-3-5-18(25-2)6-4-17/h3-8H,9-15H2,1-2H3. The summed E-state index contributed by atoms with van der Waals surface area (Å²) < 4.78 is 7.32. The maximum Gasteiger partial charge on any atom is 0.176 e. The Balaban J connectivity index is 1.42. The number of benzene rings is 1. The van der Waals surface area contributed by atoms with Crippen molar-refractivity contribution in [1.29, 1.82) is 0 Å². The normalized spacial score (nSPS) is 16.1. The van der Waals surface area contributed by atoms with Crippen LogP contribution >= 0.6 is 0 Å². The fourth-order valence-electron chi connectivity index (χ4n) is 3.13. The van der Waals surface area contributed by atoms with Crippen LogP contribution in [0, 0.1) is 6.92 Å². The van der Waals surface area contributed by atoms with Crippen molar-refractivity contribution in [2.45, 2.75) is 13.5 Å². The summed E-state index contributed by atoms with van der Waals surface area (Å²) in [6.07, 6.45) is 3.87. The number of hydrogen-bond acceptors (Lipinski definition) is 5. The van der Waals surface area contributed by atoms with Crippen LogP contribution in [0.4, 0.5) is 0 Å². The Morgan fingerprint density at radius 2 is 1.76 bits per heavy atom. The molecule has 0 radical (unpaired) electrons. The van der Waals surface area contributed by atoms with Gasteiger partial charge in [0.2, 0.25) is 0 Å². The summed E-state index contributed by atoms with van der Waals surface area (Å²) >= 11 is 0. The first-order chi connectivity index (χ1) is 12.2. The fourth-order valence-corrected chi connectivity index (χ4v) is 3.13. The molecule has 6 heteroatoms. The zero-order valence-electron chi connectivity index (χ0n) is 15.0. The number of aryl methyl sites for hydroxylation is 1. The molecule has 0 aliphatic carbocycles. The molecule has 1 aromatic carbocycles. The van der Waals surface area contributed by atoms with Gasteiger partial charge in [0.05, 0.1) is 13.7 Å². The summed E-state index contributed by atoms with van der Waals surface area (Å²) in [7, 11) is 1.63. The molecule has 0 amide bonds. The van der Waals surface area contributed by atoms with E-state index < -0.39 is 0 Å². The van der Waals surface area contributed by atoms with Crippen molar-refractivity contribution in [3.05, 3.63) is 48.0 Å². The van der Waals surface area contributed by atoms with Crippen LogP contribution in [0.5, 0.6) is 5.75 Å². The summed E-state index contributed by atoms with van der Waals surface area (Å²) in [6.45, 7) is 8.39. The second-order valence-corrected chi connectivity index (χ2v) is 6.44. The van der Waals surface area contributed by atoms with E-state index in [9.17, 15) is 4.79 Å². The van der Waals surface area contributed by atoms with Gasteiger partial charge in [0.15, 0.2) is 5.78 Å². The predicted molar refractivity (Wildman–Crippen MR) is 97.2 cm³/mol. The minimum Gasteiger partial charge on any atom is -0.497 e. The van der Waals surface area contributed by atoms with Gasteiger partial charge >= 0.3 is 0 Å². The number of ketones is 1. The highest BCUT2D eigenvalue weighted by Gasteiger charge is 2.19. The summed E-state index contributed by atoms with van der Waals surface area (Å²) in [4.78, 5) is 21.4. The van der Waals surface area contributed by atoms with Crippen LogP contribution in [0.15, 0.2) is 36.7 Å². The number of ether oxygens (including phenoxy) is 1. The number of rotatable bonds is 7. The Hall–Kier alpha value is -2.18. The molecule has 0 spiro atoms. The van der Waals surface area contributed by atoms with Crippen LogP contribution in [-0.4, -0.2) is 71.5 Å². The summed E-state index contributed by atoms with van der Waals surface area (Å²) in [5.41, 5.74) is 0.749. The van der Waals surface area contributed by atoms with Crippen molar-refractivity contribution in [2.75, 3.05) is 46.4 Å². The van der Waals surface area contributed by atoms with Crippen molar-refractivity contribution in [3.63, 3.8) is 0 Å². The molecule has 0 N–H and O–H groups in total. The zero-order valence-corrected chi connectivity index (χ0v) is 15.0. The molecule has 134 valence electrons. The van der Waals surface area contributed by atoms with Crippen LogP contribution in [0.3, 0.4) is 0 Å². The van der Waals surface area contributed by atoms with Crippen LogP contribution < -0.4 is 4.74 Å². The van der Waals surface area contributed by atoms with Gasteiger partial charge in [-0.05, 0) is 31.2 Å². The average Bonchev–Trinajstić information content (AvgIpc) is 3.06. The number of carbonyl (C=O) groups excluding carboxylic acids is 1. The third-order valence-electron chi connectivity index (χ3n) is 4.82. The molecule has 1 saturated heterocycles. The van der Waals surface area contributed by atoms with E-state index in [-0.39, 0.29) is 5.78 Å². The minimum atomic E-state index is 0.171. The summed E-state index contributed by atoms with van der Waals surface area (Å²) in [5, 5.41) is 0. The number of hydrogen-bond donors (Lipinski definition) is 0. The molecule has 1 aliphatic heterocycles. The van der Waals surface area contributed by atoms with E-state index >= 15 is 0 Å². The average molecular weight is 342 g/mol. The van der Waals surface area contributed by atoms with Crippen molar-refractivity contribution in [2.24, 2.45) is 0 Å². The summed E-state index contributed by atoms with van der Waals surface area (Å²) in [5.74, 6) is 2.01. The van der Waals surface area contributed by atoms with Crippen LogP contribution in [0.2, 0.25) is 0 Å². The highest BCUT2D eigenvalue weighted by molar-refractivity contribution is 5.97. The van der Waals surface area contributed by atoms with Crippen LogP contribution in [0.25, 0.3) is 0 Å². The molecule has 1 fully saturated rings. The quantitative estimate of drug-likeness (QED) is 0.717. The van der Waals surface area contributed by atoms with E-state index in [1.807, 2.05) is 43.6 Å². The van der Waals surface area contributed by atoms with E-state index in [1.165, 1.54) is 0 Å². The van der Waals surface area contributed by atoms with E-state index in [0.717, 1.165) is 56.4 Å². The third kappa shape index (κ3) is 4.67. The monoisotopic (exact) mass is 342 g/mol. The molecule has 2 aromatic rings. The molecule has 0 saturated carbocycles. The van der Waals surface area contributed by atoms with Crippen molar-refractivity contribution >= 4 is 5.78 Å². The highest BCUT2D eigenvalue weighted by atomic mass is 16.5.